The third-order valence-corrected chi connectivity index (χ3v) is 13.6. The highest BCUT2D eigenvalue weighted by molar-refractivity contribution is 7.85. The lowest BCUT2D eigenvalue weighted by Crippen LogP contribution is -2.67. The maximum absolute atomic E-state index is 11.0. The first kappa shape index (κ1) is 78.3. The molecule has 0 aliphatic carbocycles. The summed E-state index contributed by atoms with van der Waals surface area (Å²) in [5, 5.41) is 17.7. The number of quaternary nitrogens is 4. The molecular weight excluding hydrogens is 1080 g/mol. The molecule has 0 amide bonds. The molecule has 1 unspecified atom stereocenters. The summed E-state index contributed by atoms with van der Waals surface area (Å²) in [6.07, 6.45) is 14.1. The van der Waals surface area contributed by atoms with Crippen molar-refractivity contribution in [1.29, 1.82) is 0 Å². The molecule has 440 valence electrons. The number of carboxylic acids is 2. The van der Waals surface area contributed by atoms with Crippen molar-refractivity contribution in [3.8, 4) is 0 Å². The van der Waals surface area contributed by atoms with Gasteiger partial charge in [-0.05, 0) is 25.2 Å². The molecule has 0 rings (SSSR count). The second-order valence-electron chi connectivity index (χ2n) is 19.3. The average molecular weight is 1160 g/mol. The monoisotopic (exact) mass is 1150 g/mol. The summed E-state index contributed by atoms with van der Waals surface area (Å²) >= 11 is 0. The van der Waals surface area contributed by atoms with Crippen LogP contribution in [0.3, 0.4) is 0 Å². The van der Waals surface area contributed by atoms with E-state index < -0.39 is 41.2 Å². The number of carbonyl (C=O) groups excluding carboxylic acids is 8. The predicted octanol–water partition coefficient (Wildman–Crippen LogP) is -1.92. The Kier molecular flexibility index (Phi) is 42.9. The van der Waals surface area contributed by atoms with Crippen LogP contribution in [-0.2, 0) is 76.4 Å². The molecule has 0 bridgehead atoms. The van der Waals surface area contributed by atoms with Gasteiger partial charge in [0.1, 0.15) is 71.1 Å². The van der Waals surface area contributed by atoms with Crippen molar-refractivity contribution < 1.29 is 112 Å². The smallest absolute Gasteiger partial charge is 0.359 e. The Morgan fingerprint density at radius 3 is 1.32 bits per heavy atom. The topological polar surface area (TPSA) is 435 Å². The van der Waals surface area contributed by atoms with E-state index in [2.05, 4.69) is 49.0 Å². The first-order valence-electron chi connectivity index (χ1n) is 23.2. The van der Waals surface area contributed by atoms with Gasteiger partial charge < -0.3 is 51.4 Å². The van der Waals surface area contributed by atoms with Gasteiger partial charge in [-0.2, -0.15) is 30.0 Å². The molecule has 0 aromatic rings. The van der Waals surface area contributed by atoms with Crippen LogP contribution in [0, 0.1) is 5.92 Å². The molecule has 0 radical (unpaired) electrons. The number of likely N-dealkylation sites (N-methyl/N-ethyl adjacent to an activating group) is 4. The van der Waals surface area contributed by atoms with E-state index in [0.29, 0.717) is 30.7 Å². The number of hydrogen-bond acceptors (Lipinski definition) is 26. The SMILES string of the molecule is COCC(CN=C=O)(CN=C=O)[N+](C)(C)CC(=O)O.COP(=O)([O-])OCC[N+](C)(C)C(CN=C=O)CN=C=O.C[N+](C)(CCCCC(CN=C=O)CN=C=O)CC(=O)O.C[N+](C)(CCCS(=O)(=O)[O-])C(CN=C=O)CN=C=O. The molecule has 2 N–H and O–H groups in total. The first-order valence-corrected chi connectivity index (χ1v) is 26.3. The van der Waals surface area contributed by atoms with Crippen LogP contribution in [0.15, 0.2) is 39.9 Å². The molecule has 0 heterocycles. The Hall–Kier alpha value is -6.20. The van der Waals surface area contributed by atoms with Crippen molar-refractivity contribution in [2.24, 2.45) is 45.9 Å². The molecule has 0 fully saturated rings. The first-order chi connectivity index (χ1) is 36.3. The van der Waals surface area contributed by atoms with Crippen molar-refractivity contribution in [2.75, 3.05) is 175 Å². The summed E-state index contributed by atoms with van der Waals surface area (Å²) in [5.41, 5.74) is -0.942. The minimum Gasteiger partial charge on any atom is -0.756 e. The number of aliphatic carboxylic acids is 2. The highest BCUT2D eigenvalue weighted by atomic mass is 32.2. The Morgan fingerprint density at radius 2 is 0.974 bits per heavy atom. The van der Waals surface area contributed by atoms with E-state index in [1.54, 1.807) is 42.3 Å². The zero-order valence-electron chi connectivity index (χ0n) is 45.8. The normalized spacial score (nSPS) is 13.7. The molecule has 0 spiro atoms. The number of carbonyl (C=O) groups is 2. The molecule has 0 aromatic heterocycles. The fourth-order valence-corrected chi connectivity index (χ4v) is 7.74. The van der Waals surface area contributed by atoms with E-state index in [0.717, 1.165) is 32.9 Å². The van der Waals surface area contributed by atoms with Crippen molar-refractivity contribution >= 4 is 78.5 Å². The van der Waals surface area contributed by atoms with E-state index in [-0.39, 0.29) is 103 Å². The van der Waals surface area contributed by atoms with Crippen LogP contribution in [0.4, 0.5) is 0 Å². The number of unbranched alkanes of at least 4 members (excludes halogenated alkanes) is 1. The average Bonchev–Trinajstić information content (AvgIpc) is 3.33. The number of rotatable bonds is 39. The summed E-state index contributed by atoms with van der Waals surface area (Å²) in [4.78, 5) is 142. The van der Waals surface area contributed by atoms with Crippen LogP contribution in [-0.4, -0.2) is 294 Å². The fourth-order valence-electron chi connectivity index (χ4n) is 6.85. The van der Waals surface area contributed by atoms with Crippen LogP contribution < -0.4 is 4.89 Å². The molecule has 0 saturated heterocycles. The van der Waals surface area contributed by atoms with Crippen molar-refractivity contribution in [3.05, 3.63) is 0 Å². The second kappa shape index (κ2) is 42.8. The van der Waals surface area contributed by atoms with E-state index in [1.807, 2.05) is 14.1 Å². The maximum Gasteiger partial charge on any atom is 0.359 e. The van der Waals surface area contributed by atoms with Gasteiger partial charge in [0, 0.05) is 26.4 Å². The third-order valence-electron chi connectivity index (χ3n) is 11.8. The Bertz CT molecular complexity index is 2300. The third kappa shape index (κ3) is 41.0. The number of nitrogens with zero attached hydrogens (tertiary/aromatic N) is 12. The van der Waals surface area contributed by atoms with Crippen molar-refractivity contribution in [3.63, 3.8) is 0 Å². The molecule has 0 aromatic carbocycles. The summed E-state index contributed by atoms with van der Waals surface area (Å²) in [6, 6.07) is -0.577. The van der Waals surface area contributed by atoms with Gasteiger partial charge in [0.2, 0.25) is 48.6 Å². The molecular formula is C44H75N12O20PS+2. The van der Waals surface area contributed by atoms with E-state index >= 15 is 0 Å². The van der Waals surface area contributed by atoms with Crippen LogP contribution in [0.5, 0.6) is 0 Å². The van der Waals surface area contributed by atoms with Gasteiger partial charge in [-0.25, -0.2) is 66.3 Å². The molecule has 34 heteroatoms. The van der Waals surface area contributed by atoms with Gasteiger partial charge in [0.05, 0.1) is 92.7 Å². The minimum absolute atomic E-state index is 0.0352. The molecule has 0 aliphatic heterocycles. The Labute approximate surface area is 453 Å². The molecule has 78 heavy (non-hydrogen) atoms. The van der Waals surface area contributed by atoms with Gasteiger partial charge in [-0.1, -0.05) is 0 Å². The quantitative estimate of drug-likeness (QED) is 0.0169. The number of hydrogen-bond donors (Lipinski definition) is 2. The number of carboxylic acid groups (broad SMARTS) is 2. The van der Waals surface area contributed by atoms with E-state index in [4.69, 9.17) is 14.9 Å². The number of phosphoric ester groups is 1. The highest BCUT2D eigenvalue weighted by Crippen LogP contribution is 2.36. The summed E-state index contributed by atoms with van der Waals surface area (Å²) in [7, 11) is 8.09. The summed E-state index contributed by atoms with van der Waals surface area (Å²) < 4.78 is 57.4. The van der Waals surface area contributed by atoms with Crippen molar-refractivity contribution in [1.82, 2.24) is 0 Å². The number of isocyanates is 8. The Morgan fingerprint density at radius 1 is 0.590 bits per heavy atom. The molecule has 0 aliphatic rings. The largest absolute Gasteiger partial charge is 0.756 e. The number of methoxy groups -OCH3 is 1. The highest BCUT2D eigenvalue weighted by Gasteiger charge is 2.47. The lowest BCUT2D eigenvalue weighted by Gasteiger charge is -2.45. The lowest BCUT2D eigenvalue weighted by atomic mass is 9.95. The van der Waals surface area contributed by atoms with Gasteiger partial charge in [-0.3, -0.25) is 4.57 Å². The Balaban J connectivity index is -0.000000468. The van der Waals surface area contributed by atoms with E-state index in [1.165, 1.54) is 55.7 Å². The van der Waals surface area contributed by atoms with Crippen LogP contribution >= 0.6 is 7.82 Å². The van der Waals surface area contributed by atoms with Crippen LogP contribution in [0.1, 0.15) is 25.7 Å². The molecule has 32 nitrogen and oxygen atoms in total. The zero-order chi connectivity index (χ0) is 61.0. The minimum atomic E-state index is -4.26. The second-order valence-corrected chi connectivity index (χ2v) is 22.3. The molecule has 0 saturated carbocycles. The van der Waals surface area contributed by atoms with E-state index in [9.17, 15) is 70.4 Å². The van der Waals surface area contributed by atoms with Gasteiger partial charge >= 0.3 is 11.9 Å². The van der Waals surface area contributed by atoms with Crippen LogP contribution in [0.25, 0.3) is 0 Å². The lowest BCUT2D eigenvalue weighted by molar-refractivity contribution is -0.932. The fraction of sp³-hybridized carbons (Fsp3) is 0.773. The van der Waals surface area contributed by atoms with Crippen molar-refractivity contribution in [2.45, 2.75) is 43.3 Å². The maximum atomic E-state index is 11.0. The van der Waals surface area contributed by atoms with Crippen LogP contribution in [0.2, 0.25) is 0 Å². The number of aliphatic imine (C=N–C) groups is 8. The summed E-state index contributed by atoms with van der Waals surface area (Å²) in [6.45, 7) is 2.26. The van der Waals surface area contributed by atoms with Gasteiger partial charge in [-0.15, -0.1) is 0 Å². The molecule has 1 atom stereocenters. The van der Waals surface area contributed by atoms with Gasteiger partial charge in [0.25, 0.3) is 7.82 Å². The van der Waals surface area contributed by atoms with Gasteiger partial charge in [0.15, 0.2) is 18.6 Å². The number of phosphoric acid groups is 1. The standard InChI is InChI=1S/C13H21N3O4.C11H17N3O5.C10H18N3O6P.C10H17N3O5S/c1-16(2,9-13(19)20)6-4-3-5-12(7-14-10-17)8-15-11-18;1-14(2,4-10(17)18)11(7-19-3,5-12-8-15)6-13-9-16;1-13(2,4-5-19-20(16,17)18-3)10(6-11-8-14)7-12-9-15;1-13(2,4-3-5-19(16,17)18)10(6-11-8-14)7-12-9-15/h12H,3-9H2,1-2H3;4-7H2,1-3H3;10H,4-7H2,1-3H3;10H,3-7H2,1-2H3/p+2. The zero-order valence-corrected chi connectivity index (χ0v) is 47.6. The number of ether oxygens (including phenoxy) is 1. The summed E-state index contributed by atoms with van der Waals surface area (Å²) in [5.74, 6) is -2.24. The predicted molar refractivity (Wildman–Crippen MR) is 271 cm³/mol.